The van der Waals surface area contributed by atoms with Crippen molar-refractivity contribution in [3.8, 4) is 0 Å². The Balaban J connectivity index is 1.74. The summed E-state index contributed by atoms with van der Waals surface area (Å²) < 4.78 is 5.62. The number of nitrogens with zero attached hydrogens (tertiary/aromatic N) is 1. The maximum atomic E-state index is 5.62. The van der Waals surface area contributed by atoms with Gasteiger partial charge in [-0.2, -0.15) is 0 Å². The minimum atomic E-state index is 0.587. The van der Waals surface area contributed by atoms with Gasteiger partial charge in [-0.25, -0.2) is 4.98 Å². The Hall–Kier alpha value is -0.830. The van der Waals surface area contributed by atoms with Crippen molar-refractivity contribution in [1.82, 2.24) is 10.3 Å². The maximum absolute atomic E-state index is 5.62. The summed E-state index contributed by atoms with van der Waals surface area (Å²) in [6.07, 6.45) is 8.30. The van der Waals surface area contributed by atoms with Gasteiger partial charge in [0, 0.05) is 18.4 Å². The fourth-order valence-corrected chi connectivity index (χ4v) is 2.76. The van der Waals surface area contributed by atoms with Crippen LogP contribution in [0.25, 0.3) is 0 Å². The number of hydrogen-bond donors (Lipinski definition) is 1. The van der Waals surface area contributed by atoms with E-state index < -0.39 is 0 Å². The molecule has 82 valence electrons. The summed E-state index contributed by atoms with van der Waals surface area (Å²) in [5.41, 5.74) is 1.17. The van der Waals surface area contributed by atoms with Crippen LogP contribution < -0.4 is 5.32 Å². The highest BCUT2D eigenvalue weighted by molar-refractivity contribution is 5.09. The van der Waals surface area contributed by atoms with Crippen LogP contribution in [0.2, 0.25) is 0 Å². The molecule has 1 saturated carbocycles. The standard InChI is InChI=1S/C12H18N2O/c1-2-4-9(3-1)12-14-11(8-15-12)10-5-6-13-7-10/h8-10,13H,1-7H2. The molecular formula is C12H18N2O. The first-order chi connectivity index (χ1) is 7.43. The van der Waals surface area contributed by atoms with Crippen molar-refractivity contribution in [3.63, 3.8) is 0 Å². The number of oxazole rings is 1. The predicted molar refractivity (Wildman–Crippen MR) is 57.9 cm³/mol. The van der Waals surface area contributed by atoms with Crippen LogP contribution in [0.1, 0.15) is 55.5 Å². The van der Waals surface area contributed by atoms with E-state index in [1.807, 2.05) is 6.26 Å². The lowest BCUT2D eigenvalue weighted by molar-refractivity contribution is 0.448. The lowest BCUT2D eigenvalue weighted by atomic mass is 10.1. The molecule has 2 heterocycles. The third kappa shape index (κ3) is 1.81. The number of nitrogens with one attached hydrogen (secondary N) is 1. The van der Waals surface area contributed by atoms with Crippen molar-refractivity contribution >= 4 is 0 Å². The highest BCUT2D eigenvalue weighted by atomic mass is 16.3. The molecular weight excluding hydrogens is 188 g/mol. The Labute approximate surface area is 90.3 Å². The van der Waals surface area contributed by atoms with E-state index >= 15 is 0 Å². The monoisotopic (exact) mass is 206 g/mol. The smallest absolute Gasteiger partial charge is 0.197 e. The third-order valence-corrected chi connectivity index (χ3v) is 3.72. The molecule has 2 fully saturated rings. The number of rotatable bonds is 2. The molecule has 1 aliphatic heterocycles. The van der Waals surface area contributed by atoms with E-state index in [2.05, 4.69) is 10.3 Å². The zero-order valence-corrected chi connectivity index (χ0v) is 9.04. The lowest BCUT2D eigenvalue weighted by Gasteiger charge is -2.03. The highest BCUT2D eigenvalue weighted by Crippen LogP contribution is 2.34. The fraction of sp³-hybridized carbons (Fsp3) is 0.750. The topological polar surface area (TPSA) is 38.1 Å². The van der Waals surface area contributed by atoms with Crippen molar-refractivity contribution in [3.05, 3.63) is 17.8 Å². The summed E-state index contributed by atoms with van der Waals surface area (Å²) >= 11 is 0. The van der Waals surface area contributed by atoms with Crippen LogP contribution in [0, 0.1) is 0 Å². The molecule has 0 spiro atoms. The lowest BCUT2D eigenvalue weighted by Crippen LogP contribution is -2.08. The van der Waals surface area contributed by atoms with Crippen LogP contribution in [-0.2, 0) is 0 Å². The molecule has 15 heavy (non-hydrogen) atoms. The first-order valence-electron chi connectivity index (χ1n) is 6.09. The average molecular weight is 206 g/mol. The maximum Gasteiger partial charge on any atom is 0.197 e. The van der Waals surface area contributed by atoms with Gasteiger partial charge in [0.05, 0.1) is 5.69 Å². The number of hydrogen-bond acceptors (Lipinski definition) is 3. The largest absolute Gasteiger partial charge is 0.448 e. The summed E-state index contributed by atoms with van der Waals surface area (Å²) in [4.78, 5) is 4.67. The summed E-state index contributed by atoms with van der Waals surface area (Å²) in [7, 11) is 0. The molecule has 1 atom stereocenters. The Morgan fingerprint density at radius 2 is 2.07 bits per heavy atom. The van der Waals surface area contributed by atoms with Crippen molar-refractivity contribution in [2.24, 2.45) is 0 Å². The molecule has 3 rings (SSSR count). The fourth-order valence-electron chi connectivity index (χ4n) is 2.76. The molecule has 1 N–H and O–H groups in total. The Morgan fingerprint density at radius 1 is 1.20 bits per heavy atom. The van der Waals surface area contributed by atoms with E-state index in [1.54, 1.807) is 0 Å². The van der Waals surface area contributed by atoms with Gasteiger partial charge in [-0.15, -0.1) is 0 Å². The van der Waals surface area contributed by atoms with Gasteiger partial charge < -0.3 is 9.73 Å². The summed E-state index contributed by atoms with van der Waals surface area (Å²) in [5, 5.41) is 3.37. The SMILES string of the molecule is c1oc(C2CCCC2)nc1C1CCNC1. The van der Waals surface area contributed by atoms with Crippen LogP contribution in [0.15, 0.2) is 10.7 Å². The van der Waals surface area contributed by atoms with Crippen molar-refractivity contribution in [2.45, 2.75) is 43.9 Å². The van der Waals surface area contributed by atoms with Gasteiger partial charge in [0.25, 0.3) is 0 Å². The zero-order chi connectivity index (χ0) is 10.1. The average Bonchev–Trinajstić information content (AvgIpc) is 3.02. The molecule has 0 radical (unpaired) electrons. The van der Waals surface area contributed by atoms with Gasteiger partial charge in [0.2, 0.25) is 0 Å². The molecule has 1 aliphatic carbocycles. The molecule has 1 aromatic rings. The Morgan fingerprint density at radius 3 is 2.80 bits per heavy atom. The molecule has 1 aromatic heterocycles. The summed E-state index contributed by atoms with van der Waals surface area (Å²) in [6, 6.07) is 0. The number of aromatic nitrogens is 1. The van der Waals surface area contributed by atoms with E-state index in [0.717, 1.165) is 19.0 Å². The van der Waals surface area contributed by atoms with Crippen molar-refractivity contribution in [1.29, 1.82) is 0 Å². The summed E-state index contributed by atoms with van der Waals surface area (Å²) in [5.74, 6) is 2.19. The Kier molecular flexibility index (Phi) is 2.49. The molecule has 1 saturated heterocycles. The molecule has 0 amide bonds. The molecule has 3 nitrogen and oxygen atoms in total. The van der Waals surface area contributed by atoms with Crippen LogP contribution in [0.4, 0.5) is 0 Å². The molecule has 0 aromatic carbocycles. The zero-order valence-electron chi connectivity index (χ0n) is 9.04. The predicted octanol–water partition coefficient (Wildman–Crippen LogP) is 2.41. The second kappa shape index (κ2) is 3.97. The van der Waals surface area contributed by atoms with E-state index in [1.165, 1.54) is 37.8 Å². The first kappa shape index (κ1) is 9.40. The van der Waals surface area contributed by atoms with Gasteiger partial charge >= 0.3 is 0 Å². The summed E-state index contributed by atoms with van der Waals surface area (Å²) in [6.45, 7) is 2.19. The minimum Gasteiger partial charge on any atom is -0.448 e. The quantitative estimate of drug-likeness (QED) is 0.807. The second-order valence-electron chi connectivity index (χ2n) is 4.78. The van der Waals surface area contributed by atoms with Gasteiger partial charge in [-0.3, -0.25) is 0 Å². The van der Waals surface area contributed by atoms with Crippen LogP contribution in [-0.4, -0.2) is 18.1 Å². The van der Waals surface area contributed by atoms with Crippen molar-refractivity contribution < 1.29 is 4.42 Å². The van der Waals surface area contributed by atoms with Crippen LogP contribution in [0.3, 0.4) is 0 Å². The first-order valence-corrected chi connectivity index (χ1v) is 6.09. The van der Waals surface area contributed by atoms with Gasteiger partial charge in [-0.05, 0) is 25.8 Å². The molecule has 3 heteroatoms. The minimum absolute atomic E-state index is 0.587. The van der Waals surface area contributed by atoms with Crippen LogP contribution >= 0.6 is 0 Å². The molecule has 2 aliphatic rings. The Bertz CT molecular complexity index is 292. The van der Waals surface area contributed by atoms with E-state index in [9.17, 15) is 0 Å². The highest BCUT2D eigenvalue weighted by Gasteiger charge is 2.25. The van der Waals surface area contributed by atoms with Crippen LogP contribution in [0.5, 0.6) is 0 Å². The van der Waals surface area contributed by atoms with E-state index in [4.69, 9.17) is 4.42 Å². The van der Waals surface area contributed by atoms with Gasteiger partial charge in [0.1, 0.15) is 6.26 Å². The van der Waals surface area contributed by atoms with Crippen molar-refractivity contribution in [2.75, 3.05) is 13.1 Å². The molecule has 0 bridgehead atoms. The third-order valence-electron chi connectivity index (χ3n) is 3.72. The normalized spacial score (nSPS) is 27.6. The van der Waals surface area contributed by atoms with Gasteiger partial charge in [0.15, 0.2) is 5.89 Å². The van der Waals surface area contributed by atoms with E-state index in [-0.39, 0.29) is 0 Å². The van der Waals surface area contributed by atoms with E-state index in [0.29, 0.717) is 11.8 Å². The second-order valence-corrected chi connectivity index (χ2v) is 4.78. The van der Waals surface area contributed by atoms with Gasteiger partial charge in [-0.1, -0.05) is 12.8 Å². The molecule has 1 unspecified atom stereocenters.